The van der Waals surface area contributed by atoms with E-state index in [0.29, 0.717) is 0 Å². The summed E-state index contributed by atoms with van der Waals surface area (Å²) in [4.78, 5) is 9.89. The van der Waals surface area contributed by atoms with E-state index in [2.05, 4.69) is 4.74 Å². The van der Waals surface area contributed by atoms with E-state index in [1.54, 1.807) is 0 Å². The predicted octanol–water partition coefficient (Wildman–Crippen LogP) is -0.605. The van der Waals surface area contributed by atoms with E-state index in [4.69, 9.17) is 4.55 Å². The molecule has 0 rings (SSSR count). The van der Waals surface area contributed by atoms with Crippen molar-refractivity contribution in [2.24, 2.45) is 0 Å². The molecule has 0 spiro atoms. The van der Waals surface area contributed by atoms with E-state index in [1.165, 1.54) is 0 Å². The van der Waals surface area contributed by atoms with E-state index >= 15 is 0 Å². The topological polar surface area (TPSA) is 80.7 Å². The lowest BCUT2D eigenvalue weighted by molar-refractivity contribution is -0.139. The summed E-state index contributed by atoms with van der Waals surface area (Å²) in [5, 5.41) is 0. The zero-order chi connectivity index (χ0) is 7.49. The van der Waals surface area contributed by atoms with Crippen LogP contribution < -0.4 is 0 Å². The Morgan fingerprint density at radius 3 is 2.22 bits per heavy atom. The lowest BCUT2D eigenvalue weighted by Crippen LogP contribution is -2.10. The second-order valence-electron chi connectivity index (χ2n) is 1.34. The first kappa shape index (κ1) is 8.38. The van der Waals surface area contributed by atoms with Crippen LogP contribution in [-0.4, -0.2) is 24.9 Å². The standard InChI is InChI=1S/C3H6O5S/c1-3(4)8-2-9(5,6)7/h2H2,1H3,(H,5,6,7). The van der Waals surface area contributed by atoms with Gasteiger partial charge in [0.05, 0.1) is 0 Å². The second kappa shape index (κ2) is 2.79. The van der Waals surface area contributed by atoms with Crippen LogP contribution in [0.25, 0.3) is 0 Å². The molecule has 6 heteroatoms. The van der Waals surface area contributed by atoms with Crippen molar-refractivity contribution in [3.63, 3.8) is 0 Å². The lowest BCUT2D eigenvalue weighted by atomic mass is 10.8. The Bertz CT molecular complexity index is 190. The van der Waals surface area contributed by atoms with Crippen LogP contribution in [0.5, 0.6) is 0 Å². The van der Waals surface area contributed by atoms with Crippen molar-refractivity contribution < 1.29 is 22.5 Å². The summed E-state index contributed by atoms with van der Waals surface area (Å²) in [6, 6.07) is 0. The van der Waals surface area contributed by atoms with Gasteiger partial charge in [-0.25, -0.2) is 0 Å². The normalized spacial score (nSPS) is 10.9. The Balaban J connectivity index is 3.67. The summed E-state index contributed by atoms with van der Waals surface area (Å²) >= 11 is 0. The summed E-state index contributed by atoms with van der Waals surface area (Å²) in [6.07, 6.45) is 0. The number of esters is 1. The molecule has 0 radical (unpaired) electrons. The molecule has 0 aliphatic heterocycles. The van der Waals surface area contributed by atoms with Crippen molar-refractivity contribution in [3.8, 4) is 0 Å². The quantitative estimate of drug-likeness (QED) is 0.424. The zero-order valence-electron chi connectivity index (χ0n) is 4.70. The van der Waals surface area contributed by atoms with Gasteiger partial charge >= 0.3 is 16.1 Å². The van der Waals surface area contributed by atoms with Gasteiger partial charge in [-0.2, -0.15) is 8.42 Å². The minimum Gasteiger partial charge on any atom is -0.447 e. The third-order valence-corrected chi connectivity index (χ3v) is 0.827. The molecule has 0 atom stereocenters. The Kier molecular flexibility index (Phi) is 2.60. The molecular formula is C3H6O5S. The summed E-state index contributed by atoms with van der Waals surface area (Å²) in [5.41, 5.74) is 0. The number of carbonyl (C=O) groups is 1. The molecule has 0 heterocycles. The Morgan fingerprint density at radius 1 is 1.67 bits per heavy atom. The molecule has 0 saturated heterocycles. The molecule has 0 aromatic carbocycles. The van der Waals surface area contributed by atoms with E-state index in [1.807, 2.05) is 0 Å². The maximum atomic E-state index is 9.89. The number of ether oxygens (including phenoxy) is 1. The average molecular weight is 154 g/mol. The van der Waals surface area contributed by atoms with Crippen LogP contribution in [0.15, 0.2) is 0 Å². The van der Waals surface area contributed by atoms with E-state index in [-0.39, 0.29) is 0 Å². The average Bonchev–Trinajstić information content (AvgIpc) is 1.59. The molecular weight excluding hydrogens is 148 g/mol. The summed E-state index contributed by atoms with van der Waals surface area (Å²) in [6.45, 7) is 1.05. The van der Waals surface area contributed by atoms with Gasteiger partial charge in [-0.15, -0.1) is 0 Å². The number of rotatable bonds is 2. The van der Waals surface area contributed by atoms with Crippen molar-refractivity contribution in [2.75, 3.05) is 5.94 Å². The highest BCUT2D eigenvalue weighted by Crippen LogP contribution is 1.83. The van der Waals surface area contributed by atoms with Crippen molar-refractivity contribution >= 4 is 16.1 Å². The van der Waals surface area contributed by atoms with Crippen LogP contribution in [0, 0.1) is 0 Å². The van der Waals surface area contributed by atoms with E-state index < -0.39 is 22.0 Å². The van der Waals surface area contributed by atoms with Gasteiger partial charge in [0, 0.05) is 6.92 Å². The highest BCUT2D eigenvalue weighted by molar-refractivity contribution is 7.85. The summed E-state index contributed by atoms with van der Waals surface area (Å²) in [7, 11) is -4.16. The van der Waals surface area contributed by atoms with Crippen LogP contribution in [0.1, 0.15) is 6.92 Å². The van der Waals surface area contributed by atoms with Crippen LogP contribution in [0.2, 0.25) is 0 Å². The smallest absolute Gasteiger partial charge is 0.303 e. The van der Waals surface area contributed by atoms with Crippen molar-refractivity contribution in [1.82, 2.24) is 0 Å². The molecule has 0 aliphatic rings. The molecule has 0 amide bonds. The molecule has 0 saturated carbocycles. The van der Waals surface area contributed by atoms with Crippen molar-refractivity contribution in [2.45, 2.75) is 6.92 Å². The van der Waals surface area contributed by atoms with Crippen LogP contribution in [0.4, 0.5) is 0 Å². The van der Waals surface area contributed by atoms with Crippen LogP contribution >= 0.6 is 0 Å². The minimum atomic E-state index is -4.16. The molecule has 54 valence electrons. The van der Waals surface area contributed by atoms with Crippen LogP contribution in [-0.2, 0) is 19.6 Å². The molecule has 0 unspecified atom stereocenters. The molecule has 0 aromatic heterocycles. The molecule has 9 heavy (non-hydrogen) atoms. The Hall–Kier alpha value is -0.620. The van der Waals surface area contributed by atoms with Gasteiger partial charge in [0.2, 0.25) is 5.94 Å². The largest absolute Gasteiger partial charge is 0.447 e. The number of hydrogen-bond donors (Lipinski definition) is 1. The predicted molar refractivity (Wildman–Crippen MR) is 28.2 cm³/mol. The molecule has 5 nitrogen and oxygen atoms in total. The first-order valence-corrected chi connectivity index (χ1v) is 3.61. The maximum Gasteiger partial charge on any atom is 0.303 e. The first-order chi connectivity index (χ1) is 3.92. The number of hydrogen-bond acceptors (Lipinski definition) is 4. The highest BCUT2D eigenvalue weighted by Gasteiger charge is 2.04. The van der Waals surface area contributed by atoms with Gasteiger partial charge < -0.3 is 4.74 Å². The molecule has 0 aromatic rings. The fraction of sp³-hybridized carbons (Fsp3) is 0.667. The number of carbonyl (C=O) groups excluding carboxylic acids is 1. The van der Waals surface area contributed by atoms with Gasteiger partial charge in [-0.05, 0) is 0 Å². The highest BCUT2D eigenvalue weighted by atomic mass is 32.2. The SMILES string of the molecule is CC(=O)OCS(=O)(=O)O. The van der Waals surface area contributed by atoms with E-state index in [9.17, 15) is 13.2 Å². The molecule has 0 aliphatic carbocycles. The molecule has 0 fully saturated rings. The lowest BCUT2D eigenvalue weighted by Gasteiger charge is -1.95. The van der Waals surface area contributed by atoms with Gasteiger partial charge in [0.15, 0.2) is 0 Å². The minimum absolute atomic E-state index is 0.743. The van der Waals surface area contributed by atoms with Gasteiger partial charge in [-0.1, -0.05) is 0 Å². The fourth-order valence-electron chi connectivity index (χ4n) is 0.157. The van der Waals surface area contributed by atoms with Crippen molar-refractivity contribution in [1.29, 1.82) is 0 Å². The Labute approximate surface area is 52.4 Å². The van der Waals surface area contributed by atoms with Gasteiger partial charge in [0.1, 0.15) is 0 Å². The second-order valence-corrected chi connectivity index (χ2v) is 2.74. The fourth-order valence-corrected chi connectivity index (χ4v) is 0.472. The summed E-state index contributed by atoms with van der Waals surface area (Å²) < 4.78 is 31.5. The van der Waals surface area contributed by atoms with Crippen LogP contribution in [0.3, 0.4) is 0 Å². The Morgan fingerprint density at radius 2 is 2.11 bits per heavy atom. The third kappa shape index (κ3) is 7.38. The first-order valence-electron chi connectivity index (χ1n) is 2.00. The maximum absolute atomic E-state index is 9.89. The zero-order valence-corrected chi connectivity index (χ0v) is 5.51. The monoisotopic (exact) mass is 154 g/mol. The molecule has 1 N–H and O–H groups in total. The van der Waals surface area contributed by atoms with Gasteiger partial charge in [0.25, 0.3) is 0 Å². The summed E-state index contributed by atoms with van der Waals surface area (Å²) in [5.74, 6) is -1.71. The van der Waals surface area contributed by atoms with Crippen molar-refractivity contribution in [3.05, 3.63) is 0 Å². The molecule has 0 bridgehead atoms. The van der Waals surface area contributed by atoms with Gasteiger partial charge in [-0.3, -0.25) is 9.35 Å². The van der Waals surface area contributed by atoms with E-state index in [0.717, 1.165) is 6.92 Å². The third-order valence-electron chi connectivity index (χ3n) is 0.411.